The first-order chi connectivity index (χ1) is 8.45. The highest BCUT2D eigenvalue weighted by molar-refractivity contribution is 9.09. The Balaban J connectivity index is 3.06. The van der Waals surface area contributed by atoms with Gasteiger partial charge in [-0.15, -0.1) is 0 Å². The van der Waals surface area contributed by atoms with Crippen LogP contribution in [0.2, 0.25) is 0 Å². The minimum atomic E-state index is 0.246. The Morgan fingerprint density at radius 3 is 1.22 bits per heavy atom. The van der Waals surface area contributed by atoms with Crippen LogP contribution in [0.25, 0.3) is 0 Å². The first-order valence-corrected chi connectivity index (χ1v) is 8.93. The number of benzene rings is 1. The average molecular weight is 376 g/mol. The van der Waals surface area contributed by atoms with Crippen LogP contribution in [0, 0.1) is 0 Å². The van der Waals surface area contributed by atoms with Crippen molar-refractivity contribution in [2.24, 2.45) is 0 Å². The Labute approximate surface area is 129 Å². The van der Waals surface area contributed by atoms with Gasteiger partial charge in [-0.25, -0.2) is 0 Å². The van der Waals surface area contributed by atoms with Crippen LogP contribution >= 0.6 is 31.9 Å². The molecule has 2 heteroatoms. The molecule has 18 heavy (non-hydrogen) atoms. The monoisotopic (exact) mass is 374 g/mol. The molecular formula is C16H24Br2. The average Bonchev–Trinajstić information content (AvgIpc) is 2.45. The summed E-state index contributed by atoms with van der Waals surface area (Å²) in [5.41, 5.74) is 3.35. The molecule has 0 nitrogen and oxygen atoms in total. The lowest BCUT2D eigenvalue weighted by molar-refractivity contribution is 0.509. The summed E-state index contributed by atoms with van der Waals surface area (Å²) in [6.07, 6.45) is 2.31. The van der Waals surface area contributed by atoms with E-state index in [2.05, 4.69) is 83.8 Å². The van der Waals surface area contributed by atoms with Crippen molar-refractivity contribution >= 4 is 31.9 Å². The van der Waals surface area contributed by atoms with Gasteiger partial charge in [-0.1, -0.05) is 83.8 Å². The molecule has 0 amide bonds. The summed E-state index contributed by atoms with van der Waals surface area (Å²) in [4.78, 5) is 0. The van der Waals surface area contributed by atoms with Crippen molar-refractivity contribution in [2.45, 2.75) is 51.4 Å². The van der Waals surface area contributed by atoms with E-state index in [0.29, 0.717) is 0 Å². The van der Waals surface area contributed by atoms with Gasteiger partial charge in [0.2, 0.25) is 0 Å². The van der Waals surface area contributed by atoms with Gasteiger partial charge in [0.1, 0.15) is 0 Å². The Hall–Kier alpha value is 0.180. The molecule has 0 saturated carbocycles. The SMILES string of the molecule is CCC(C)(CBr)c1ccc(C(C)(CC)CBr)cc1. The molecule has 0 spiro atoms. The second-order valence-corrected chi connectivity index (χ2v) is 6.79. The third-order valence-corrected chi connectivity index (χ3v) is 6.90. The van der Waals surface area contributed by atoms with Gasteiger partial charge in [-0.2, -0.15) is 0 Å². The number of alkyl halides is 2. The molecule has 2 unspecified atom stereocenters. The van der Waals surface area contributed by atoms with Crippen molar-refractivity contribution in [2.75, 3.05) is 10.7 Å². The van der Waals surface area contributed by atoms with Crippen LogP contribution in [0.15, 0.2) is 24.3 Å². The standard InChI is InChI=1S/C16H24Br2/c1-5-15(3,11-17)13-7-9-14(10-8-13)16(4,6-2)12-18/h7-10H,5-6,11-12H2,1-4H3. The fourth-order valence-electron chi connectivity index (χ4n) is 2.03. The van der Waals surface area contributed by atoms with Crippen molar-refractivity contribution < 1.29 is 0 Å². The molecule has 0 aliphatic rings. The van der Waals surface area contributed by atoms with Crippen molar-refractivity contribution in [3.05, 3.63) is 35.4 Å². The van der Waals surface area contributed by atoms with E-state index in [0.717, 1.165) is 23.5 Å². The van der Waals surface area contributed by atoms with Crippen LogP contribution in [-0.2, 0) is 10.8 Å². The number of hydrogen-bond acceptors (Lipinski definition) is 0. The summed E-state index contributed by atoms with van der Waals surface area (Å²) >= 11 is 7.29. The summed E-state index contributed by atoms with van der Waals surface area (Å²) in [7, 11) is 0. The van der Waals surface area contributed by atoms with Crippen molar-refractivity contribution in [3.8, 4) is 0 Å². The first kappa shape index (κ1) is 16.2. The molecule has 0 heterocycles. The molecule has 0 aromatic heterocycles. The summed E-state index contributed by atoms with van der Waals surface area (Å²) in [5.74, 6) is 0. The number of hydrogen-bond donors (Lipinski definition) is 0. The van der Waals surface area contributed by atoms with Crippen LogP contribution in [0.1, 0.15) is 51.7 Å². The molecule has 0 aliphatic carbocycles. The summed E-state index contributed by atoms with van der Waals surface area (Å²) in [5, 5.41) is 2.03. The molecule has 0 radical (unpaired) electrons. The molecule has 102 valence electrons. The molecule has 0 bridgehead atoms. The highest BCUT2D eigenvalue weighted by Gasteiger charge is 2.26. The number of halogens is 2. The Morgan fingerprint density at radius 2 is 1.06 bits per heavy atom. The lowest BCUT2D eigenvalue weighted by atomic mass is 9.78. The Morgan fingerprint density at radius 1 is 0.778 bits per heavy atom. The van der Waals surface area contributed by atoms with Crippen molar-refractivity contribution in [1.29, 1.82) is 0 Å². The zero-order valence-electron chi connectivity index (χ0n) is 11.9. The molecule has 1 rings (SSSR count). The van der Waals surface area contributed by atoms with Gasteiger partial charge in [-0.3, -0.25) is 0 Å². The number of rotatable bonds is 6. The highest BCUT2D eigenvalue weighted by Crippen LogP contribution is 2.33. The Bertz CT molecular complexity index is 322. The quantitative estimate of drug-likeness (QED) is 0.550. The minimum Gasteiger partial charge on any atom is -0.0919 e. The van der Waals surface area contributed by atoms with Gasteiger partial charge in [0.25, 0.3) is 0 Å². The zero-order valence-corrected chi connectivity index (χ0v) is 15.1. The largest absolute Gasteiger partial charge is 0.0919 e. The molecular weight excluding hydrogens is 352 g/mol. The topological polar surface area (TPSA) is 0 Å². The van der Waals surface area contributed by atoms with Gasteiger partial charge < -0.3 is 0 Å². The van der Waals surface area contributed by atoms with Gasteiger partial charge in [0, 0.05) is 21.5 Å². The predicted molar refractivity (Wildman–Crippen MR) is 89.3 cm³/mol. The molecule has 0 fully saturated rings. The first-order valence-electron chi connectivity index (χ1n) is 6.68. The maximum absolute atomic E-state index is 3.65. The summed E-state index contributed by atoms with van der Waals surface area (Å²) < 4.78 is 0. The van der Waals surface area contributed by atoms with Crippen molar-refractivity contribution in [1.82, 2.24) is 0 Å². The lowest BCUT2D eigenvalue weighted by Crippen LogP contribution is -2.25. The molecule has 0 N–H and O–H groups in total. The summed E-state index contributed by atoms with van der Waals surface area (Å²) in [6.45, 7) is 9.15. The molecule has 0 aliphatic heterocycles. The second-order valence-electron chi connectivity index (χ2n) is 5.67. The van der Waals surface area contributed by atoms with Crippen molar-refractivity contribution in [3.63, 3.8) is 0 Å². The normalized spacial score (nSPS) is 18.1. The van der Waals surface area contributed by atoms with Crippen LogP contribution < -0.4 is 0 Å². The van der Waals surface area contributed by atoms with Crippen LogP contribution in [-0.4, -0.2) is 10.7 Å². The van der Waals surface area contributed by atoms with E-state index in [1.807, 2.05) is 0 Å². The third-order valence-electron chi connectivity index (χ3n) is 4.43. The highest BCUT2D eigenvalue weighted by atomic mass is 79.9. The van der Waals surface area contributed by atoms with E-state index >= 15 is 0 Å². The second kappa shape index (κ2) is 6.56. The fraction of sp³-hybridized carbons (Fsp3) is 0.625. The lowest BCUT2D eigenvalue weighted by Gasteiger charge is -2.30. The van der Waals surface area contributed by atoms with Crippen LogP contribution in [0.4, 0.5) is 0 Å². The molecule has 2 atom stereocenters. The predicted octanol–water partition coefficient (Wildman–Crippen LogP) is 5.81. The minimum absolute atomic E-state index is 0.246. The van der Waals surface area contributed by atoms with E-state index < -0.39 is 0 Å². The molecule has 0 saturated heterocycles. The smallest absolute Gasteiger partial charge is 0.0126 e. The van der Waals surface area contributed by atoms with Crippen LogP contribution in [0.3, 0.4) is 0 Å². The maximum atomic E-state index is 3.65. The van der Waals surface area contributed by atoms with E-state index in [1.165, 1.54) is 11.1 Å². The molecule has 1 aromatic rings. The van der Waals surface area contributed by atoms with E-state index in [-0.39, 0.29) is 10.8 Å². The van der Waals surface area contributed by atoms with E-state index in [4.69, 9.17) is 0 Å². The summed E-state index contributed by atoms with van der Waals surface area (Å²) in [6, 6.07) is 9.21. The maximum Gasteiger partial charge on any atom is 0.0126 e. The van der Waals surface area contributed by atoms with Gasteiger partial charge >= 0.3 is 0 Å². The van der Waals surface area contributed by atoms with E-state index in [9.17, 15) is 0 Å². The molecule has 1 aromatic carbocycles. The fourth-order valence-corrected chi connectivity index (χ4v) is 3.47. The Kier molecular flexibility index (Phi) is 5.92. The van der Waals surface area contributed by atoms with Gasteiger partial charge in [-0.05, 0) is 24.0 Å². The van der Waals surface area contributed by atoms with Gasteiger partial charge in [0.15, 0.2) is 0 Å². The zero-order chi connectivity index (χ0) is 13.8. The van der Waals surface area contributed by atoms with Gasteiger partial charge in [0.05, 0.1) is 0 Å². The third kappa shape index (κ3) is 3.19. The van der Waals surface area contributed by atoms with E-state index in [1.54, 1.807) is 0 Å². The van der Waals surface area contributed by atoms with Crippen LogP contribution in [0.5, 0.6) is 0 Å².